The Labute approximate surface area is 116 Å². The van der Waals surface area contributed by atoms with Gasteiger partial charge in [-0.1, -0.05) is 0 Å². The van der Waals surface area contributed by atoms with Crippen molar-refractivity contribution in [2.24, 2.45) is 0 Å². The number of aryl methyl sites for hydroxylation is 1. The van der Waals surface area contributed by atoms with Crippen molar-refractivity contribution in [2.75, 3.05) is 13.7 Å². The molecule has 2 rings (SSSR count). The molecule has 2 N–H and O–H groups in total. The Hall–Kier alpha value is -1.40. The molecule has 6 heteroatoms. The van der Waals surface area contributed by atoms with Crippen LogP contribution in [-0.2, 0) is 14.3 Å². The molecule has 1 saturated carbocycles. The fraction of sp³-hybridized carbons (Fsp3) is 0.538. The number of carbonyl (C=O) groups excluding carboxylic acids is 2. The largest absolute Gasteiger partial charge is 0.374 e. The van der Waals surface area contributed by atoms with Crippen molar-refractivity contribution in [3.05, 3.63) is 21.9 Å². The third kappa shape index (κ3) is 4.04. The van der Waals surface area contributed by atoms with Gasteiger partial charge in [-0.25, -0.2) is 0 Å². The summed E-state index contributed by atoms with van der Waals surface area (Å²) in [4.78, 5) is 25.3. The second kappa shape index (κ2) is 6.16. The van der Waals surface area contributed by atoms with Gasteiger partial charge in [0.05, 0.1) is 0 Å². The van der Waals surface area contributed by atoms with Crippen molar-refractivity contribution < 1.29 is 14.3 Å². The molecule has 1 aliphatic carbocycles. The second-order valence-corrected chi connectivity index (χ2v) is 5.95. The zero-order valence-corrected chi connectivity index (χ0v) is 11.9. The molecule has 0 saturated heterocycles. The number of rotatable bonds is 5. The van der Waals surface area contributed by atoms with Crippen molar-refractivity contribution in [1.82, 2.24) is 10.6 Å². The zero-order valence-electron chi connectivity index (χ0n) is 11.1. The number of hydrogen-bond acceptors (Lipinski definition) is 4. The molecule has 1 aliphatic rings. The van der Waals surface area contributed by atoms with Gasteiger partial charge in [-0.15, -0.1) is 11.3 Å². The highest BCUT2D eigenvalue weighted by Gasteiger charge is 2.26. The molecule has 104 valence electrons. The van der Waals surface area contributed by atoms with E-state index in [1.54, 1.807) is 18.4 Å². The SMILES string of the molecule is COC(CNC(=O)C(=O)NC1CC1)c1ccc(C)s1. The van der Waals surface area contributed by atoms with Gasteiger partial charge < -0.3 is 15.4 Å². The van der Waals surface area contributed by atoms with E-state index in [0.717, 1.165) is 17.7 Å². The molecule has 19 heavy (non-hydrogen) atoms. The van der Waals surface area contributed by atoms with Gasteiger partial charge in [-0.2, -0.15) is 0 Å². The van der Waals surface area contributed by atoms with E-state index in [-0.39, 0.29) is 12.1 Å². The predicted octanol–water partition coefficient (Wildman–Crippen LogP) is 1.14. The van der Waals surface area contributed by atoms with Crippen LogP contribution in [-0.4, -0.2) is 31.5 Å². The molecule has 1 atom stereocenters. The molecule has 0 aliphatic heterocycles. The molecule has 1 heterocycles. The molecule has 0 aromatic carbocycles. The van der Waals surface area contributed by atoms with Gasteiger partial charge in [-0.3, -0.25) is 9.59 Å². The van der Waals surface area contributed by atoms with E-state index in [0.29, 0.717) is 6.54 Å². The maximum absolute atomic E-state index is 11.6. The van der Waals surface area contributed by atoms with E-state index >= 15 is 0 Å². The quantitative estimate of drug-likeness (QED) is 0.796. The average molecular weight is 282 g/mol. The van der Waals surface area contributed by atoms with Crippen molar-refractivity contribution in [3.63, 3.8) is 0 Å². The summed E-state index contributed by atoms with van der Waals surface area (Å²) < 4.78 is 5.34. The summed E-state index contributed by atoms with van der Waals surface area (Å²) in [6.45, 7) is 2.32. The van der Waals surface area contributed by atoms with Crippen LogP contribution in [0.3, 0.4) is 0 Å². The molecule has 5 nitrogen and oxygen atoms in total. The fourth-order valence-electron chi connectivity index (χ4n) is 1.67. The summed E-state index contributed by atoms with van der Waals surface area (Å²) in [7, 11) is 1.59. The third-order valence-electron chi connectivity index (χ3n) is 2.93. The van der Waals surface area contributed by atoms with Gasteiger partial charge in [-0.05, 0) is 31.9 Å². The van der Waals surface area contributed by atoms with E-state index in [1.807, 2.05) is 19.1 Å². The number of methoxy groups -OCH3 is 1. The summed E-state index contributed by atoms with van der Waals surface area (Å²) >= 11 is 1.62. The first-order chi connectivity index (χ1) is 9.10. The molecule has 1 aromatic rings. The lowest BCUT2D eigenvalue weighted by Crippen LogP contribution is -2.42. The Morgan fingerprint density at radius 1 is 1.42 bits per heavy atom. The van der Waals surface area contributed by atoms with Gasteiger partial charge in [0.2, 0.25) is 0 Å². The minimum atomic E-state index is -0.595. The number of hydrogen-bond donors (Lipinski definition) is 2. The summed E-state index contributed by atoms with van der Waals surface area (Å²) in [6, 6.07) is 4.18. The van der Waals surface area contributed by atoms with Crippen LogP contribution in [0.25, 0.3) is 0 Å². The number of ether oxygens (including phenoxy) is 1. The van der Waals surface area contributed by atoms with Crippen molar-refractivity contribution in [3.8, 4) is 0 Å². The van der Waals surface area contributed by atoms with Crippen molar-refractivity contribution in [1.29, 1.82) is 0 Å². The minimum Gasteiger partial charge on any atom is -0.374 e. The monoisotopic (exact) mass is 282 g/mol. The molecule has 1 aromatic heterocycles. The highest BCUT2D eigenvalue weighted by molar-refractivity contribution is 7.12. The lowest BCUT2D eigenvalue weighted by Gasteiger charge is -2.14. The fourth-order valence-corrected chi connectivity index (χ4v) is 2.63. The van der Waals surface area contributed by atoms with Crippen LogP contribution in [0, 0.1) is 6.92 Å². The summed E-state index contributed by atoms with van der Waals surface area (Å²) in [5.74, 6) is -1.15. The lowest BCUT2D eigenvalue weighted by molar-refractivity contribution is -0.139. The summed E-state index contributed by atoms with van der Waals surface area (Å²) in [5, 5.41) is 5.26. The van der Waals surface area contributed by atoms with E-state index in [9.17, 15) is 9.59 Å². The maximum Gasteiger partial charge on any atom is 0.309 e. The van der Waals surface area contributed by atoms with Gasteiger partial charge in [0, 0.05) is 29.5 Å². The molecule has 1 unspecified atom stereocenters. The second-order valence-electron chi connectivity index (χ2n) is 4.63. The van der Waals surface area contributed by atoms with Gasteiger partial charge in [0.1, 0.15) is 6.10 Å². The third-order valence-corrected chi connectivity index (χ3v) is 4.02. The van der Waals surface area contributed by atoms with Gasteiger partial charge >= 0.3 is 11.8 Å². The maximum atomic E-state index is 11.6. The molecular formula is C13H18N2O3S. The Morgan fingerprint density at radius 2 is 2.16 bits per heavy atom. The van der Waals surface area contributed by atoms with Crippen LogP contribution in [0.4, 0.5) is 0 Å². The van der Waals surface area contributed by atoms with Crippen molar-refractivity contribution >= 4 is 23.2 Å². The topological polar surface area (TPSA) is 67.4 Å². The molecule has 0 spiro atoms. The minimum absolute atomic E-state index is 0.191. The highest BCUT2D eigenvalue weighted by atomic mass is 32.1. The van der Waals surface area contributed by atoms with E-state index < -0.39 is 11.8 Å². The zero-order chi connectivity index (χ0) is 13.8. The van der Waals surface area contributed by atoms with Crippen LogP contribution in [0.1, 0.15) is 28.7 Å². The Balaban J connectivity index is 1.81. The number of amides is 2. The highest BCUT2D eigenvalue weighted by Crippen LogP contribution is 2.24. The summed E-state index contributed by atoms with van der Waals surface area (Å²) in [6.07, 6.45) is 1.72. The first kappa shape index (κ1) is 14.0. The lowest BCUT2D eigenvalue weighted by atomic mass is 10.3. The van der Waals surface area contributed by atoms with E-state index in [4.69, 9.17) is 4.74 Å². The number of nitrogens with one attached hydrogen (secondary N) is 2. The first-order valence-corrected chi connectivity index (χ1v) is 7.09. The number of carbonyl (C=O) groups is 2. The number of thiophene rings is 1. The summed E-state index contributed by atoms with van der Waals surface area (Å²) in [5.41, 5.74) is 0. The Kier molecular flexibility index (Phi) is 4.55. The average Bonchev–Trinajstić information content (AvgIpc) is 3.10. The predicted molar refractivity (Wildman–Crippen MR) is 73.0 cm³/mol. The molecule has 0 radical (unpaired) electrons. The van der Waals surface area contributed by atoms with E-state index in [2.05, 4.69) is 10.6 Å². The van der Waals surface area contributed by atoms with Crippen LogP contribution in [0.5, 0.6) is 0 Å². The van der Waals surface area contributed by atoms with Crippen LogP contribution >= 0.6 is 11.3 Å². The molecule has 1 fully saturated rings. The Morgan fingerprint density at radius 3 is 2.68 bits per heavy atom. The molecular weight excluding hydrogens is 264 g/mol. The smallest absolute Gasteiger partial charge is 0.309 e. The first-order valence-electron chi connectivity index (χ1n) is 6.28. The molecule has 2 amide bonds. The Bertz CT molecular complexity index is 468. The van der Waals surface area contributed by atoms with E-state index in [1.165, 1.54) is 4.88 Å². The van der Waals surface area contributed by atoms with Crippen LogP contribution in [0.15, 0.2) is 12.1 Å². The van der Waals surface area contributed by atoms with Crippen molar-refractivity contribution in [2.45, 2.75) is 31.9 Å². The molecule has 0 bridgehead atoms. The standard InChI is InChI=1S/C13H18N2O3S/c1-8-3-6-11(19-8)10(18-2)7-14-12(16)13(17)15-9-4-5-9/h3,6,9-10H,4-5,7H2,1-2H3,(H,14,16)(H,15,17). The van der Waals surface area contributed by atoms with Crippen LogP contribution < -0.4 is 10.6 Å². The van der Waals surface area contributed by atoms with Gasteiger partial charge in [0.25, 0.3) is 0 Å². The van der Waals surface area contributed by atoms with Gasteiger partial charge in [0.15, 0.2) is 0 Å². The normalized spacial score (nSPS) is 15.9. The van der Waals surface area contributed by atoms with Crippen LogP contribution in [0.2, 0.25) is 0 Å².